The highest BCUT2D eigenvalue weighted by Gasteiger charge is 2.70. The smallest absolute Gasteiger partial charge is 0.250 e. The number of benzene rings is 3. The third-order valence-electron chi connectivity index (χ3n) is 8.03. The summed E-state index contributed by atoms with van der Waals surface area (Å²) in [6, 6.07) is 15.0. The highest BCUT2D eigenvalue weighted by molar-refractivity contribution is 6.15. The Kier molecular flexibility index (Phi) is 5.50. The normalized spacial score (nSPS) is 25.7. The number of phenolic OH excluding ortho intramolecular Hbond substituents is 2. The molecule has 6 rings (SSSR count). The number of aryl methyl sites for hydroxylation is 1. The average Bonchev–Trinajstić information content (AvgIpc) is 3.47. The molecule has 3 heterocycles. The zero-order valence-corrected chi connectivity index (χ0v) is 20.6. The topological polar surface area (TPSA) is 119 Å². The van der Waals surface area contributed by atoms with Crippen molar-refractivity contribution in [3.63, 3.8) is 0 Å². The summed E-state index contributed by atoms with van der Waals surface area (Å²) in [7, 11) is 0. The fraction of sp³-hybridized carbons (Fsp3) is 0.276. The molecule has 0 bridgehead atoms. The van der Waals surface area contributed by atoms with Gasteiger partial charge in [-0.05, 0) is 59.9 Å². The molecule has 3 amide bonds. The van der Waals surface area contributed by atoms with Crippen molar-refractivity contribution in [2.24, 2.45) is 11.8 Å². The Morgan fingerprint density at radius 3 is 2.32 bits per heavy atom. The van der Waals surface area contributed by atoms with E-state index < -0.39 is 47.0 Å². The van der Waals surface area contributed by atoms with Gasteiger partial charge in [0, 0.05) is 17.3 Å². The molecule has 4 N–H and O–H groups in total. The average molecular weight is 516 g/mol. The van der Waals surface area contributed by atoms with E-state index in [1.165, 1.54) is 41.3 Å². The molecule has 0 radical (unpaired) electrons. The van der Waals surface area contributed by atoms with E-state index in [0.717, 1.165) is 12.0 Å². The number of nitrogens with one attached hydrogen (secondary N) is 2. The maximum atomic E-state index is 14.0. The van der Waals surface area contributed by atoms with E-state index >= 15 is 0 Å². The number of imide groups is 1. The Hall–Kier alpha value is -4.24. The van der Waals surface area contributed by atoms with Crippen LogP contribution in [-0.2, 0) is 39.3 Å². The fourth-order valence-electron chi connectivity index (χ4n) is 6.18. The van der Waals surface area contributed by atoms with Gasteiger partial charge in [0.25, 0.3) is 0 Å². The second kappa shape index (κ2) is 8.66. The molecule has 0 aromatic heterocycles. The van der Waals surface area contributed by atoms with Gasteiger partial charge < -0.3 is 15.5 Å². The van der Waals surface area contributed by atoms with Crippen LogP contribution in [0.5, 0.6) is 11.5 Å². The van der Waals surface area contributed by atoms with E-state index in [9.17, 15) is 29.0 Å². The van der Waals surface area contributed by atoms with Gasteiger partial charge in [-0.1, -0.05) is 37.3 Å². The molecular weight excluding hydrogens is 489 g/mol. The molecule has 3 aromatic carbocycles. The van der Waals surface area contributed by atoms with Gasteiger partial charge in [-0.3, -0.25) is 24.6 Å². The van der Waals surface area contributed by atoms with E-state index in [0.29, 0.717) is 22.4 Å². The zero-order valence-electron chi connectivity index (χ0n) is 20.6. The first-order valence-electron chi connectivity index (χ1n) is 12.6. The molecule has 3 aliphatic rings. The number of hydrogen-bond acceptors (Lipinski definition) is 6. The second-order valence-corrected chi connectivity index (χ2v) is 10.2. The minimum atomic E-state index is -1.45. The number of nitrogens with zero attached hydrogens (tertiary/aromatic N) is 1. The van der Waals surface area contributed by atoms with Crippen LogP contribution in [0.1, 0.15) is 29.2 Å². The summed E-state index contributed by atoms with van der Waals surface area (Å²) in [6.45, 7) is 1.97. The van der Waals surface area contributed by atoms with Gasteiger partial charge in [0.1, 0.15) is 11.4 Å². The monoisotopic (exact) mass is 515 g/mol. The number of hydrogen-bond donors (Lipinski definition) is 4. The van der Waals surface area contributed by atoms with E-state index in [2.05, 4.69) is 10.6 Å². The number of fused-ring (bicyclic) bond motifs is 4. The van der Waals surface area contributed by atoms with Crippen molar-refractivity contribution in [3.05, 3.63) is 88.7 Å². The van der Waals surface area contributed by atoms with Crippen LogP contribution >= 0.6 is 0 Å². The van der Waals surface area contributed by atoms with E-state index in [1.807, 2.05) is 25.1 Å². The van der Waals surface area contributed by atoms with Crippen molar-refractivity contribution in [1.29, 1.82) is 0 Å². The predicted molar refractivity (Wildman–Crippen MR) is 135 cm³/mol. The molecule has 0 saturated carbocycles. The number of carbonyl (C=O) groups excluding carboxylic acids is 3. The third-order valence-corrected chi connectivity index (χ3v) is 8.03. The van der Waals surface area contributed by atoms with Crippen LogP contribution < -0.4 is 10.6 Å². The van der Waals surface area contributed by atoms with Gasteiger partial charge in [0.2, 0.25) is 17.7 Å². The number of carbonyl (C=O) groups is 3. The van der Waals surface area contributed by atoms with Crippen LogP contribution in [0, 0.1) is 17.7 Å². The first-order chi connectivity index (χ1) is 18.2. The number of aromatic hydroxyl groups is 2. The standard InChI is InChI=1S/C29H26FN3O5/c1-2-15-5-9-20-19(11-15)29(28(38)31-20)25-24(21(32-29)12-17-6-10-22(34)23(35)13-17)26(36)33(27(25)37)14-16-3-7-18(30)8-4-16/h3-11,13,21,24-25,32,34-35H,2,12,14H2,1H3,(H,31,38)/t21?,24?,25?,29-/m1/s1. The SMILES string of the molecule is CCc1ccc2c(c1)[C@]1(NC(Cc3ccc(O)c(O)c3)C3C(=O)N(Cc4ccc(F)cc4)C(=O)C31)C(=O)N2. The molecule has 2 saturated heterocycles. The molecule has 9 heteroatoms. The van der Waals surface area contributed by atoms with Crippen molar-refractivity contribution in [1.82, 2.24) is 10.2 Å². The van der Waals surface area contributed by atoms with Crippen molar-refractivity contribution in [2.45, 2.75) is 37.9 Å². The van der Waals surface area contributed by atoms with Crippen LogP contribution in [0.15, 0.2) is 60.7 Å². The molecule has 1 spiro atoms. The second-order valence-electron chi connectivity index (χ2n) is 10.2. The Labute approximate surface area is 218 Å². The molecule has 8 nitrogen and oxygen atoms in total. The van der Waals surface area contributed by atoms with Gasteiger partial charge in [0.15, 0.2) is 11.5 Å². The molecule has 3 unspecified atom stereocenters. The van der Waals surface area contributed by atoms with Crippen LogP contribution in [0.3, 0.4) is 0 Å². The Balaban J connectivity index is 1.45. The van der Waals surface area contributed by atoms with Crippen molar-refractivity contribution < 1.29 is 29.0 Å². The van der Waals surface area contributed by atoms with Crippen molar-refractivity contribution in [3.8, 4) is 11.5 Å². The van der Waals surface area contributed by atoms with Gasteiger partial charge in [-0.2, -0.15) is 0 Å². The summed E-state index contributed by atoms with van der Waals surface area (Å²) in [4.78, 5) is 42.7. The lowest BCUT2D eigenvalue weighted by Crippen LogP contribution is -2.53. The minimum Gasteiger partial charge on any atom is -0.504 e. The summed E-state index contributed by atoms with van der Waals surface area (Å²) in [5, 5.41) is 26.1. The maximum Gasteiger partial charge on any atom is 0.250 e. The Morgan fingerprint density at radius 1 is 0.895 bits per heavy atom. The lowest BCUT2D eigenvalue weighted by Gasteiger charge is -2.30. The molecule has 2 fully saturated rings. The molecule has 4 atom stereocenters. The predicted octanol–water partition coefficient (Wildman–Crippen LogP) is 2.96. The third kappa shape index (κ3) is 3.49. The largest absolute Gasteiger partial charge is 0.504 e. The van der Waals surface area contributed by atoms with Crippen molar-refractivity contribution in [2.75, 3.05) is 5.32 Å². The zero-order chi connectivity index (χ0) is 26.8. The van der Waals surface area contributed by atoms with Crippen LogP contribution in [-0.4, -0.2) is 38.9 Å². The minimum absolute atomic E-state index is 0.0305. The Morgan fingerprint density at radius 2 is 1.61 bits per heavy atom. The van der Waals surface area contributed by atoms with E-state index in [4.69, 9.17) is 0 Å². The summed E-state index contributed by atoms with van der Waals surface area (Å²) < 4.78 is 13.5. The van der Waals surface area contributed by atoms with Gasteiger partial charge in [-0.15, -0.1) is 0 Å². The number of amides is 3. The van der Waals surface area contributed by atoms with Crippen LogP contribution in [0.4, 0.5) is 10.1 Å². The van der Waals surface area contributed by atoms with Crippen LogP contribution in [0.25, 0.3) is 0 Å². The number of anilines is 1. The van der Waals surface area contributed by atoms with Crippen LogP contribution in [0.2, 0.25) is 0 Å². The lowest BCUT2D eigenvalue weighted by molar-refractivity contribution is -0.143. The molecule has 3 aliphatic heterocycles. The van der Waals surface area contributed by atoms with E-state index in [-0.39, 0.29) is 24.5 Å². The summed E-state index contributed by atoms with van der Waals surface area (Å²) in [5.41, 5.74) is 2.01. The molecule has 38 heavy (non-hydrogen) atoms. The highest BCUT2D eigenvalue weighted by Crippen LogP contribution is 2.53. The summed E-state index contributed by atoms with van der Waals surface area (Å²) in [5.74, 6) is -4.08. The first-order valence-corrected chi connectivity index (χ1v) is 12.6. The van der Waals surface area contributed by atoms with Gasteiger partial charge >= 0.3 is 0 Å². The lowest BCUT2D eigenvalue weighted by atomic mass is 9.76. The number of rotatable bonds is 5. The number of phenols is 2. The summed E-state index contributed by atoms with van der Waals surface area (Å²) in [6.07, 6.45) is 0.960. The first kappa shape index (κ1) is 24.1. The Bertz CT molecular complexity index is 1490. The highest BCUT2D eigenvalue weighted by atomic mass is 19.1. The maximum absolute atomic E-state index is 14.0. The number of likely N-dealkylation sites (tertiary alicyclic amines) is 1. The van der Waals surface area contributed by atoms with Gasteiger partial charge in [-0.25, -0.2) is 4.39 Å². The molecular formula is C29H26FN3O5. The van der Waals surface area contributed by atoms with Crippen molar-refractivity contribution >= 4 is 23.4 Å². The van der Waals surface area contributed by atoms with Gasteiger partial charge in [0.05, 0.1) is 18.4 Å². The quantitative estimate of drug-likeness (QED) is 0.307. The number of halogens is 1. The molecule has 0 aliphatic carbocycles. The summed E-state index contributed by atoms with van der Waals surface area (Å²) >= 11 is 0. The molecule has 3 aromatic rings. The fourth-order valence-corrected chi connectivity index (χ4v) is 6.18. The van der Waals surface area contributed by atoms with E-state index in [1.54, 1.807) is 6.07 Å². The molecule has 194 valence electrons.